The molecule has 2 heterocycles. The number of epoxide rings is 1. The number of hydrogen-bond acceptors (Lipinski definition) is 6. The van der Waals surface area contributed by atoms with Crippen molar-refractivity contribution >= 4 is 17.3 Å². The number of fused-ring (bicyclic) bond motifs is 2. The van der Waals surface area contributed by atoms with E-state index in [9.17, 15) is 4.79 Å². The molecule has 1 fully saturated rings. The predicted octanol–water partition coefficient (Wildman–Crippen LogP) is 5.79. The summed E-state index contributed by atoms with van der Waals surface area (Å²) in [4.78, 5) is 14.2. The standard InChI is InChI=1S/C27H27NO5/c1-2-3-17-31-27(29)26-25(33-26)19-12-14-20(15-13-19)30-18-16-28-21-8-4-6-10-23(21)32-24-11-7-5-9-22(24)28/h4-15,25-26H,2-3,16-18H2,1H3. The summed E-state index contributed by atoms with van der Waals surface area (Å²) in [5.41, 5.74) is 3.01. The van der Waals surface area contributed by atoms with E-state index in [0.29, 0.717) is 19.8 Å². The maximum atomic E-state index is 12.0. The lowest BCUT2D eigenvalue weighted by atomic mass is 10.1. The zero-order valence-corrected chi connectivity index (χ0v) is 18.6. The number of esters is 1. The van der Waals surface area contributed by atoms with Gasteiger partial charge in [0.15, 0.2) is 17.6 Å². The van der Waals surface area contributed by atoms with E-state index in [1.54, 1.807) is 0 Å². The van der Waals surface area contributed by atoms with Gasteiger partial charge in [0.25, 0.3) is 0 Å². The second kappa shape index (κ2) is 9.55. The third-order valence-electron chi connectivity index (χ3n) is 5.79. The Labute approximate surface area is 193 Å². The fourth-order valence-electron chi connectivity index (χ4n) is 3.97. The highest BCUT2D eigenvalue weighted by Crippen LogP contribution is 2.46. The zero-order chi connectivity index (χ0) is 22.6. The average Bonchev–Trinajstić information content (AvgIpc) is 3.65. The molecular weight excluding hydrogens is 418 g/mol. The minimum Gasteiger partial charge on any atom is -0.492 e. The molecule has 6 nitrogen and oxygen atoms in total. The second-order valence-corrected chi connectivity index (χ2v) is 8.10. The summed E-state index contributed by atoms with van der Waals surface area (Å²) in [5.74, 6) is 2.18. The lowest BCUT2D eigenvalue weighted by Gasteiger charge is -2.32. The zero-order valence-electron chi connectivity index (χ0n) is 18.6. The van der Waals surface area contributed by atoms with Gasteiger partial charge >= 0.3 is 5.97 Å². The first-order valence-corrected chi connectivity index (χ1v) is 11.4. The fraction of sp³-hybridized carbons (Fsp3) is 0.296. The van der Waals surface area contributed by atoms with Gasteiger partial charge in [-0.3, -0.25) is 0 Å². The lowest BCUT2D eigenvalue weighted by Crippen LogP contribution is -2.26. The number of unbranched alkanes of at least 4 members (excludes halogenated alkanes) is 1. The van der Waals surface area contributed by atoms with Crippen molar-refractivity contribution in [1.82, 2.24) is 0 Å². The molecule has 0 N–H and O–H groups in total. The Bertz CT molecular complexity index is 1070. The molecular formula is C27H27NO5. The van der Waals surface area contributed by atoms with Crippen LogP contribution in [0.3, 0.4) is 0 Å². The molecule has 0 aromatic heterocycles. The second-order valence-electron chi connectivity index (χ2n) is 8.10. The van der Waals surface area contributed by atoms with E-state index in [0.717, 1.165) is 47.0 Å². The van der Waals surface area contributed by atoms with Crippen molar-refractivity contribution in [2.45, 2.75) is 32.0 Å². The van der Waals surface area contributed by atoms with Crippen LogP contribution in [-0.4, -0.2) is 31.8 Å². The molecule has 5 rings (SSSR count). The molecule has 0 amide bonds. The van der Waals surface area contributed by atoms with Crippen LogP contribution in [0.5, 0.6) is 17.2 Å². The third-order valence-corrected chi connectivity index (χ3v) is 5.79. The van der Waals surface area contributed by atoms with Crippen LogP contribution < -0.4 is 14.4 Å². The molecule has 0 aliphatic carbocycles. The quantitative estimate of drug-likeness (QED) is 0.236. The van der Waals surface area contributed by atoms with Crippen molar-refractivity contribution < 1.29 is 23.7 Å². The molecule has 1 saturated heterocycles. The van der Waals surface area contributed by atoms with Crippen molar-refractivity contribution in [2.75, 3.05) is 24.7 Å². The number of para-hydroxylation sites is 4. The topological polar surface area (TPSA) is 60.5 Å². The van der Waals surface area contributed by atoms with Crippen molar-refractivity contribution in [3.63, 3.8) is 0 Å². The Hall–Kier alpha value is -3.51. The lowest BCUT2D eigenvalue weighted by molar-refractivity contribution is -0.145. The Morgan fingerprint density at radius 3 is 2.24 bits per heavy atom. The van der Waals surface area contributed by atoms with Gasteiger partial charge in [-0.15, -0.1) is 0 Å². The van der Waals surface area contributed by atoms with E-state index in [1.165, 1.54) is 0 Å². The number of carbonyl (C=O) groups is 1. The highest BCUT2D eigenvalue weighted by molar-refractivity contribution is 5.79. The molecule has 2 unspecified atom stereocenters. The van der Waals surface area contributed by atoms with Crippen LogP contribution >= 0.6 is 0 Å². The van der Waals surface area contributed by atoms with E-state index >= 15 is 0 Å². The number of rotatable bonds is 9. The summed E-state index contributed by atoms with van der Waals surface area (Å²) < 4.78 is 22.8. The summed E-state index contributed by atoms with van der Waals surface area (Å²) in [7, 11) is 0. The van der Waals surface area contributed by atoms with Gasteiger partial charge in [0.05, 0.1) is 24.5 Å². The van der Waals surface area contributed by atoms with Gasteiger partial charge in [-0.05, 0) is 48.4 Å². The smallest absolute Gasteiger partial charge is 0.338 e. The number of nitrogens with zero attached hydrogens (tertiary/aromatic N) is 1. The Balaban J connectivity index is 1.17. The molecule has 0 saturated carbocycles. The van der Waals surface area contributed by atoms with Crippen LogP contribution in [0.15, 0.2) is 72.8 Å². The maximum absolute atomic E-state index is 12.0. The first kappa shape index (κ1) is 21.3. The molecule has 6 heteroatoms. The van der Waals surface area contributed by atoms with Crippen LogP contribution in [0.1, 0.15) is 31.4 Å². The van der Waals surface area contributed by atoms with E-state index in [1.807, 2.05) is 60.7 Å². The van der Waals surface area contributed by atoms with Crippen molar-refractivity contribution in [2.24, 2.45) is 0 Å². The van der Waals surface area contributed by atoms with E-state index < -0.39 is 6.10 Å². The van der Waals surface area contributed by atoms with Gasteiger partial charge in [0, 0.05) is 0 Å². The first-order chi connectivity index (χ1) is 16.2. The summed E-state index contributed by atoms with van der Waals surface area (Å²) in [6.45, 7) is 3.70. The van der Waals surface area contributed by atoms with Gasteiger partial charge < -0.3 is 23.8 Å². The number of ether oxygens (including phenoxy) is 4. The molecule has 2 aliphatic rings. The summed E-state index contributed by atoms with van der Waals surface area (Å²) >= 11 is 0. The van der Waals surface area contributed by atoms with Gasteiger partial charge in [-0.25, -0.2) is 4.79 Å². The third kappa shape index (κ3) is 4.66. The first-order valence-electron chi connectivity index (χ1n) is 11.4. The number of benzene rings is 3. The fourth-order valence-corrected chi connectivity index (χ4v) is 3.97. The molecule has 3 aromatic rings. The SMILES string of the molecule is CCCCOC(=O)C1OC1c1ccc(OCCN2c3ccccc3Oc3ccccc32)cc1. The van der Waals surface area contributed by atoms with Crippen molar-refractivity contribution in [3.8, 4) is 17.2 Å². The highest BCUT2D eigenvalue weighted by Gasteiger charge is 2.47. The van der Waals surface area contributed by atoms with Crippen LogP contribution in [0.2, 0.25) is 0 Å². The van der Waals surface area contributed by atoms with Gasteiger partial charge in [-0.2, -0.15) is 0 Å². The number of carbonyl (C=O) groups excluding carboxylic acids is 1. The largest absolute Gasteiger partial charge is 0.492 e. The molecule has 0 spiro atoms. The van der Waals surface area contributed by atoms with Crippen LogP contribution in [0.4, 0.5) is 11.4 Å². The Morgan fingerprint density at radius 2 is 1.58 bits per heavy atom. The van der Waals surface area contributed by atoms with Crippen LogP contribution in [0.25, 0.3) is 0 Å². The molecule has 3 aromatic carbocycles. The van der Waals surface area contributed by atoms with Crippen molar-refractivity contribution in [1.29, 1.82) is 0 Å². The van der Waals surface area contributed by atoms with Gasteiger partial charge in [0.2, 0.25) is 0 Å². The summed E-state index contributed by atoms with van der Waals surface area (Å²) in [5, 5.41) is 0. The van der Waals surface area contributed by atoms with E-state index in [-0.39, 0.29) is 12.1 Å². The Morgan fingerprint density at radius 1 is 0.909 bits per heavy atom. The van der Waals surface area contributed by atoms with E-state index in [2.05, 4.69) is 24.0 Å². The summed E-state index contributed by atoms with van der Waals surface area (Å²) in [6, 6.07) is 23.7. The highest BCUT2D eigenvalue weighted by atomic mass is 16.6. The number of anilines is 2. The minimum atomic E-state index is -0.491. The molecule has 0 radical (unpaired) electrons. The van der Waals surface area contributed by atoms with Crippen LogP contribution in [0, 0.1) is 0 Å². The monoisotopic (exact) mass is 445 g/mol. The molecule has 33 heavy (non-hydrogen) atoms. The predicted molar refractivity (Wildman–Crippen MR) is 125 cm³/mol. The minimum absolute atomic E-state index is 0.227. The van der Waals surface area contributed by atoms with Crippen LogP contribution in [-0.2, 0) is 14.3 Å². The van der Waals surface area contributed by atoms with Gasteiger partial charge in [-0.1, -0.05) is 49.7 Å². The average molecular weight is 446 g/mol. The van der Waals surface area contributed by atoms with Gasteiger partial charge in [0.1, 0.15) is 18.5 Å². The molecule has 0 bridgehead atoms. The Kier molecular flexibility index (Phi) is 6.17. The molecule has 2 aliphatic heterocycles. The maximum Gasteiger partial charge on any atom is 0.338 e. The normalized spacial score (nSPS) is 18.0. The molecule has 2 atom stereocenters. The summed E-state index contributed by atoms with van der Waals surface area (Å²) in [6.07, 6.45) is 1.15. The molecule has 170 valence electrons. The number of hydrogen-bond donors (Lipinski definition) is 0. The van der Waals surface area contributed by atoms with Crippen molar-refractivity contribution in [3.05, 3.63) is 78.4 Å². The van der Waals surface area contributed by atoms with E-state index in [4.69, 9.17) is 18.9 Å².